The summed E-state index contributed by atoms with van der Waals surface area (Å²) in [5.41, 5.74) is 0. The lowest BCUT2D eigenvalue weighted by atomic mass is 9.97. The molecule has 0 amide bonds. The third-order valence-corrected chi connectivity index (χ3v) is 3.93. The van der Waals surface area contributed by atoms with Gasteiger partial charge in [0.05, 0.1) is 13.2 Å². The molecular weight excluding hydrogens is 212 g/mol. The standard InChI is InChI=1S/C15H20O2/c1-2-4-13(5-3-1)6-7-14-8-9-15(12-14)16-10-11-17-15/h1-4,6-7,13-14H,5,8-12H2/b7-6+. The normalized spacial score (nSPS) is 35.3. The highest BCUT2D eigenvalue weighted by atomic mass is 16.7. The first-order chi connectivity index (χ1) is 8.36. The predicted octanol–water partition coefficient (Wildman–Crippen LogP) is 3.22. The van der Waals surface area contributed by atoms with Crippen LogP contribution >= 0.6 is 0 Å². The van der Waals surface area contributed by atoms with Crippen LogP contribution in [0, 0.1) is 11.8 Å². The molecule has 2 aliphatic carbocycles. The molecule has 2 heteroatoms. The Bertz CT molecular complexity index is 348. The van der Waals surface area contributed by atoms with Crippen molar-refractivity contribution in [1.82, 2.24) is 0 Å². The van der Waals surface area contributed by atoms with E-state index in [1.807, 2.05) is 0 Å². The van der Waals surface area contributed by atoms with Crippen molar-refractivity contribution in [3.63, 3.8) is 0 Å². The first-order valence-corrected chi connectivity index (χ1v) is 6.66. The van der Waals surface area contributed by atoms with Crippen molar-refractivity contribution in [3.05, 3.63) is 36.5 Å². The Morgan fingerprint density at radius 2 is 2.00 bits per heavy atom. The minimum Gasteiger partial charge on any atom is -0.348 e. The first-order valence-electron chi connectivity index (χ1n) is 6.66. The number of ether oxygens (including phenoxy) is 2. The predicted molar refractivity (Wildman–Crippen MR) is 67.5 cm³/mol. The van der Waals surface area contributed by atoms with Crippen LogP contribution in [-0.4, -0.2) is 19.0 Å². The average molecular weight is 232 g/mol. The van der Waals surface area contributed by atoms with Crippen LogP contribution in [-0.2, 0) is 9.47 Å². The molecule has 2 atom stereocenters. The molecule has 92 valence electrons. The molecule has 2 nitrogen and oxygen atoms in total. The van der Waals surface area contributed by atoms with Gasteiger partial charge in [0.25, 0.3) is 0 Å². The van der Waals surface area contributed by atoms with Gasteiger partial charge in [0.15, 0.2) is 5.79 Å². The third-order valence-electron chi connectivity index (χ3n) is 3.93. The molecule has 3 aliphatic rings. The fourth-order valence-corrected chi connectivity index (χ4v) is 2.97. The molecule has 1 aliphatic heterocycles. The molecule has 1 heterocycles. The van der Waals surface area contributed by atoms with E-state index in [0.717, 1.165) is 32.5 Å². The maximum Gasteiger partial charge on any atom is 0.169 e. The molecule has 0 radical (unpaired) electrons. The Balaban J connectivity index is 1.54. The van der Waals surface area contributed by atoms with E-state index in [1.165, 1.54) is 6.42 Å². The average Bonchev–Trinajstić information content (AvgIpc) is 2.99. The van der Waals surface area contributed by atoms with E-state index in [-0.39, 0.29) is 5.79 Å². The quantitative estimate of drug-likeness (QED) is 0.681. The highest BCUT2D eigenvalue weighted by Crippen LogP contribution is 2.41. The van der Waals surface area contributed by atoms with Gasteiger partial charge in [0.1, 0.15) is 0 Å². The Kier molecular flexibility index (Phi) is 3.17. The molecule has 2 fully saturated rings. The Morgan fingerprint density at radius 3 is 2.76 bits per heavy atom. The van der Waals surface area contributed by atoms with Crippen molar-refractivity contribution in [2.45, 2.75) is 31.5 Å². The summed E-state index contributed by atoms with van der Waals surface area (Å²) < 4.78 is 11.5. The summed E-state index contributed by atoms with van der Waals surface area (Å²) in [6.07, 6.45) is 17.9. The minimum atomic E-state index is -0.225. The van der Waals surface area contributed by atoms with Gasteiger partial charge in [-0.05, 0) is 24.7 Å². The van der Waals surface area contributed by atoms with Crippen LogP contribution in [0.25, 0.3) is 0 Å². The van der Waals surface area contributed by atoms with E-state index < -0.39 is 0 Å². The van der Waals surface area contributed by atoms with Gasteiger partial charge in [-0.25, -0.2) is 0 Å². The van der Waals surface area contributed by atoms with Crippen molar-refractivity contribution in [2.24, 2.45) is 11.8 Å². The largest absolute Gasteiger partial charge is 0.348 e. The Labute approximate surface area is 103 Å². The van der Waals surface area contributed by atoms with Crippen LogP contribution in [0.15, 0.2) is 36.5 Å². The molecule has 2 unspecified atom stereocenters. The molecule has 1 saturated carbocycles. The van der Waals surface area contributed by atoms with Gasteiger partial charge >= 0.3 is 0 Å². The van der Waals surface area contributed by atoms with Crippen LogP contribution in [0.5, 0.6) is 0 Å². The van der Waals surface area contributed by atoms with E-state index in [1.54, 1.807) is 0 Å². The van der Waals surface area contributed by atoms with Gasteiger partial charge in [-0.2, -0.15) is 0 Å². The number of rotatable bonds is 2. The summed E-state index contributed by atoms with van der Waals surface area (Å²) in [5.74, 6) is 0.992. The van der Waals surface area contributed by atoms with Gasteiger partial charge in [-0.1, -0.05) is 36.5 Å². The molecule has 1 spiro atoms. The minimum absolute atomic E-state index is 0.225. The van der Waals surface area contributed by atoms with Gasteiger partial charge in [-0.3, -0.25) is 0 Å². The Morgan fingerprint density at radius 1 is 1.12 bits per heavy atom. The van der Waals surface area contributed by atoms with Gasteiger partial charge in [0.2, 0.25) is 0 Å². The SMILES string of the molecule is C1=CCC(/C=C/C2CCC3(C2)OCCO3)C=C1. The summed E-state index contributed by atoms with van der Waals surface area (Å²) >= 11 is 0. The van der Waals surface area contributed by atoms with E-state index in [4.69, 9.17) is 9.47 Å². The first kappa shape index (κ1) is 11.2. The highest BCUT2D eigenvalue weighted by Gasteiger charge is 2.43. The molecule has 0 N–H and O–H groups in total. The number of hydrogen-bond acceptors (Lipinski definition) is 2. The summed E-state index contributed by atoms with van der Waals surface area (Å²) in [5, 5.41) is 0. The van der Waals surface area contributed by atoms with E-state index in [9.17, 15) is 0 Å². The van der Waals surface area contributed by atoms with E-state index in [2.05, 4.69) is 36.5 Å². The Hall–Kier alpha value is -0.860. The summed E-state index contributed by atoms with van der Waals surface area (Å²) in [6, 6.07) is 0. The van der Waals surface area contributed by atoms with Crippen LogP contribution < -0.4 is 0 Å². The van der Waals surface area contributed by atoms with E-state index in [0.29, 0.717) is 11.8 Å². The van der Waals surface area contributed by atoms with Gasteiger partial charge < -0.3 is 9.47 Å². The molecular formula is C15H20O2. The monoisotopic (exact) mass is 232 g/mol. The molecule has 0 aromatic heterocycles. The summed E-state index contributed by atoms with van der Waals surface area (Å²) in [7, 11) is 0. The topological polar surface area (TPSA) is 18.5 Å². The lowest BCUT2D eigenvalue weighted by Crippen LogP contribution is -2.25. The molecule has 0 bridgehead atoms. The van der Waals surface area contributed by atoms with Crippen molar-refractivity contribution in [3.8, 4) is 0 Å². The molecule has 0 aromatic carbocycles. The fourth-order valence-electron chi connectivity index (χ4n) is 2.97. The van der Waals surface area contributed by atoms with Crippen molar-refractivity contribution in [1.29, 1.82) is 0 Å². The second-order valence-corrected chi connectivity index (χ2v) is 5.21. The van der Waals surface area contributed by atoms with Crippen molar-refractivity contribution >= 4 is 0 Å². The smallest absolute Gasteiger partial charge is 0.169 e. The third kappa shape index (κ3) is 2.53. The maximum absolute atomic E-state index is 5.74. The van der Waals surface area contributed by atoms with Crippen LogP contribution in [0.3, 0.4) is 0 Å². The molecule has 17 heavy (non-hydrogen) atoms. The zero-order valence-electron chi connectivity index (χ0n) is 10.2. The summed E-state index contributed by atoms with van der Waals surface area (Å²) in [6.45, 7) is 1.54. The maximum atomic E-state index is 5.74. The van der Waals surface area contributed by atoms with Crippen molar-refractivity contribution in [2.75, 3.05) is 13.2 Å². The number of hydrogen-bond donors (Lipinski definition) is 0. The highest BCUT2D eigenvalue weighted by molar-refractivity contribution is 5.16. The fraction of sp³-hybridized carbons (Fsp3) is 0.600. The van der Waals surface area contributed by atoms with Crippen LogP contribution in [0.4, 0.5) is 0 Å². The van der Waals surface area contributed by atoms with Gasteiger partial charge in [-0.15, -0.1) is 0 Å². The number of allylic oxidation sites excluding steroid dienone is 6. The van der Waals surface area contributed by atoms with Crippen LogP contribution in [0.2, 0.25) is 0 Å². The van der Waals surface area contributed by atoms with Crippen molar-refractivity contribution < 1.29 is 9.47 Å². The van der Waals surface area contributed by atoms with E-state index >= 15 is 0 Å². The molecule has 1 saturated heterocycles. The lowest BCUT2D eigenvalue weighted by Gasteiger charge is -2.20. The zero-order chi connectivity index (χ0) is 11.6. The van der Waals surface area contributed by atoms with Crippen LogP contribution in [0.1, 0.15) is 25.7 Å². The lowest BCUT2D eigenvalue weighted by molar-refractivity contribution is -0.151. The summed E-state index contributed by atoms with van der Waals surface area (Å²) in [4.78, 5) is 0. The van der Waals surface area contributed by atoms with Gasteiger partial charge in [0, 0.05) is 12.8 Å². The zero-order valence-corrected chi connectivity index (χ0v) is 10.2. The second-order valence-electron chi connectivity index (χ2n) is 5.21. The molecule has 3 rings (SSSR count). The second kappa shape index (κ2) is 4.79. The molecule has 0 aromatic rings.